The fourth-order valence-corrected chi connectivity index (χ4v) is 1.76. The van der Waals surface area contributed by atoms with Crippen LogP contribution < -0.4 is 5.73 Å². The molecule has 0 fully saturated rings. The Labute approximate surface area is 71.0 Å². The fraction of sp³-hybridized carbons (Fsp3) is 0.400. The molecule has 0 aliphatic rings. The molecule has 0 amide bonds. The van der Waals surface area contributed by atoms with E-state index in [0.717, 1.165) is 3.79 Å². The van der Waals surface area contributed by atoms with Gasteiger partial charge in [0, 0.05) is 6.54 Å². The lowest BCUT2D eigenvalue weighted by Crippen LogP contribution is -2.10. The second-order valence-electron chi connectivity index (χ2n) is 1.75. The third-order valence-electron chi connectivity index (χ3n) is 1.00. The van der Waals surface area contributed by atoms with Crippen LogP contribution in [0.4, 0.5) is 0 Å². The first kappa shape index (κ1) is 8.13. The van der Waals surface area contributed by atoms with Crippen molar-refractivity contribution in [3.63, 3.8) is 0 Å². The second-order valence-corrected chi connectivity index (χ2v) is 4.20. The van der Waals surface area contributed by atoms with E-state index < -0.39 is 6.10 Å². The fourth-order valence-electron chi connectivity index (χ4n) is 0.522. The van der Waals surface area contributed by atoms with Crippen molar-refractivity contribution in [2.75, 3.05) is 6.54 Å². The van der Waals surface area contributed by atoms with Crippen LogP contribution in [0.3, 0.4) is 0 Å². The van der Waals surface area contributed by atoms with E-state index in [1.165, 1.54) is 11.3 Å². The Hall–Kier alpha value is 0.0300. The quantitative estimate of drug-likeness (QED) is 0.782. The Kier molecular flexibility index (Phi) is 2.79. The summed E-state index contributed by atoms with van der Waals surface area (Å²) in [6.07, 6.45) is 1.04. The van der Waals surface area contributed by atoms with E-state index in [1.54, 1.807) is 6.20 Å². The van der Waals surface area contributed by atoms with E-state index in [2.05, 4.69) is 20.9 Å². The van der Waals surface area contributed by atoms with Crippen LogP contribution in [-0.4, -0.2) is 16.6 Å². The highest BCUT2D eigenvalue weighted by Crippen LogP contribution is 2.23. The van der Waals surface area contributed by atoms with Crippen molar-refractivity contribution >= 4 is 27.3 Å². The van der Waals surface area contributed by atoms with Gasteiger partial charge in [-0.15, -0.1) is 11.3 Å². The molecule has 3 N–H and O–H groups in total. The number of hydrogen-bond donors (Lipinski definition) is 2. The van der Waals surface area contributed by atoms with Crippen LogP contribution in [0.2, 0.25) is 0 Å². The lowest BCUT2D eigenvalue weighted by Gasteiger charge is -2.00. The molecule has 0 aromatic carbocycles. The number of aliphatic hydroxyl groups is 1. The second kappa shape index (κ2) is 3.43. The van der Waals surface area contributed by atoms with Crippen LogP contribution in [0.15, 0.2) is 9.98 Å². The Bertz CT molecular complexity index is 215. The van der Waals surface area contributed by atoms with E-state index in [4.69, 9.17) is 10.8 Å². The minimum absolute atomic E-state index is 0.222. The molecule has 10 heavy (non-hydrogen) atoms. The summed E-state index contributed by atoms with van der Waals surface area (Å²) in [4.78, 5) is 3.93. The molecule has 0 aliphatic carbocycles. The summed E-state index contributed by atoms with van der Waals surface area (Å²) in [5, 5.41) is 9.81. The lowest BCUT2D eigenvalue weighted by molar-refractivity contribution is 0.186. The number of nitrogens with two attached hydrogens (primary N) is 1. The minimum Gasteiger partial charge on any atom is -0.385 e. The highest BCUT2D eigenvalue weighted by molar-refractivity contribution is 9.11. The molecular formula is C5H7BrN2OS. The number of thiazole rings is 1. The van der Waals surface area contributed by atoms with Crippen LogP contribution in [0.5, 0.6) is 0 Å². The third-order valence-corrected chi connectivity index (χ3v) is 2.58. The predicted octanol–water partition coefficient (Wildman–Crippen LogP) is 0.898. The molecule has 0 saturated heterocycles. The number of aromatic nitrogens is 1. The molecule has 1 atom stereocenters. The monoisotopic (exact) mass is 222 g/mol. The molecular weight excluding hydrogens is 216 g/mol. The number of aliphatic hydroxyl groups excluding tert-OH is 1. The van der Waals surface area contributed by atoms with Crippen molar-refractivity contribution in [2.24, 2.45) is 5.73 Å². The number of hydrogen-bond acceptors (Lipinski definition) is 4. The maximum atomic E-state index is 9.14. The summed E-state index contributed by atoms with van der Waals surface area (Å²) in [6, 6.07) is 0. The van der Waals surface area contributed by atoms with Crippen LogP contribution in [-0.2, 0) is 0 Å². The van der Waals surface area contributed by atoms with Crippen molar-refractivity contribution < 1.29 is 5.11 Å². The lowest BCUT2D eigenvalue weighted by atomic mass is 10.4. The van der Waals surface area contributed by atoms with Gasteiger partial charge in [-0.05, 0) is 15.9 Å². The van der Waals surface area contributed by atoms with Crippen molar-refractivity contribution in [1.82, 2.24) is 4.98 Å². The van der Waals surface area contributed by atoms with Gasteiger partial charge in [0.2, 0.25) is 0 Å². The highest BCUT2D eigenvalue weighted by atomic mass is 79.9. The summed E-state index contributed by atoms with van der Waals surface area (Å²) in [5.74, 6) is 0. The van der Waals surface area contributed by atoms with E-state index >= 15 is 0 Å². The highest BCUT2D eigenvalue weighted by Gasteiger charge is 2.08. The van der Waals surface area contributed by atoms with Crippen molar-refractivity contribution in [2.45, 2.75) is 6.10 Å². The van der Waals surface area contributed by atoms with Crippen LogP contribution >= 0.6 is 27.3 Å². The molecule has 0 spiro atoms. The number of halogens is 1. The zero-order valence-electron chi connectivity index (χ0n) is 5.12. The molecule has 0 bridgehead atoms. The van der Waals surface area contributed by atoms with E-state index in [9.17, 15) is 0 Å². The normalized spacial score (nSPS) is 13.5. The van der Waals surface area contributed by atoms with Crippen LogP contribution in [0.1, 0.15) is 11.1 Å². The van der Waals surface area contributed by atoms with Gasteiger partial charge in [0.15, 0.2) is 0 Å². The molecule has 1 heterocycles. The Morgan fingerprint density at radius 1 is 1.90 bits per heavy atom. The molecule has 3 nitrogen and oxygen atoms in total. The van der Waals surface area contributed by atoms with Gasteiger partial charge in [0.1, 0.15) is 11.1 Å². The largest absolute Gasteiger partial charge is 0.385 e. The summed E-state index contributed by atoms with van der Waals surface area (Å²) in [7, 11) is 0. The standard InChI is InChI=1S/C5H7BrN2OS/c6-4-2-8-5(10-4)3(9)1-7/h2-3,9H,1,7H2/t3-/m1/s1. The van der Waals surface area contributed by atoms with Gasteiger partial charge in [-0.3, -0.25) is 0 Å². The molecule has 0 aliphatic heterocycles. The van der Waals surface area contributed by atoms with E-state index in [0.29, 0.717) is 5.01 Å². The number of rotatable bonds is 2. The Balaban J connectivity index is 2.74. The average molecular weight is 223 g/mol. The van der Waals surface area contributed by atoms with Gasteiger partial charge in [0.25, 0.3) is 0 Å². The van der Waals surface area contributed by atoms with Gasteiger partial charge in [-0.1, -0.05) is 0 Å². The molecule has 56 valence electrons. The first-order chi connectivity index (χ1) is 4.74. The molecule has 1 rings (SSSR count). The van der Waals surface area contributed by atoms with Crippen LogP contribution in [0, 0.1) is 0 Å². The van der Waals surface area contributed by atoms with Crippen LogP contribution in [0.25, 0.3) is 0 Å². The maximum absolute atomic E-state index is 9.14. The molecule has 1 aromatic heterocycles. The third kappa shape index (κ3) is 1.76. The summed E-state index contributed by atoms with van der Waals surface area (Å²) in [6.45, 7) is 0.222. The van der Waals surface area contributed by atoms with Crippen molar-refractivity contribution in [3.8, 4) is 0 Å². The Morgan fingerprint density at radius 2 is 2.60 bits per heavy atom. The topological polar surface area (TPSA) is 59.1 Å². The predicted molar refractivity (Wildman–Crippen MR) is 43.8 cm³/mol. The zero-order valence-corrected chi connectivity index (χ0v) is 7.52. The molecule has 0 radical (unpaired) electrons. The molecule has 0 saturated carbocycles. The summed E-state index contributed by atoms with van der Waals surface area (Å²) < 4.78 is 0.912. The van der Waals surface area contributed by atoms with Gasteiger partial charge < -0.3 is 10.8 Å². The van der Waals surface area contributed by atoms with Gasteiger partial charge >= 0.3 is 0 Å². The molecule has 5 heteroatoms. The van der Waals surface area contributed by atoms with Crippen molar-refractivity contribution in [1.29, 1.82) is 0 Å². The summed E-state index contributed by atoms with van der Waals surface area (Å²) >= 11 is 4.63. The van der Waals surface area contributed by atoms with Gasteiger partial charge in [-0.25, -0.2) is 4.98 Å². The van der Waals surface area contributed by atoms with Crippen molar-refractivity contribution in [3.05, 3.63) is 15.0 Å². The molecule has 1 aromatic rings. The first-order valence-electron chi connectivity index (χ1n) is 2.73. The smallest absolute Gasteiger partial charge is 0.124 e. The molecule has 0 unspecified atom stereocenters. The van der Waals surface area contributed by atoms with E-state index in [1.807, 2.05) is 0 Å². The minimum atomic E-state index is -0.615. The number of nitrogens with zero attached hydrogens (tertiary/aromatic N) is 1. The van der Waals surface area contributed by atoms with Gasteiger partial charge in [0.05, 0.1) is 9.98 Å². The Morgan fingerprint density at radius 3 is 3.00 bits per heavy atom. The van der Waals surface area contributed by atoms with Gasteiger partial charge in [-0.2, -0.15) is 0 Å². The van der Waals surface area contributed by atoms with E-state index in [-0.39, 0.29) is 6.54 Å². The summed E-state index contributed by atoms with van der Waals surface area (Å²) in [5.41, 5.74) is 5.21. The SMILES string of the molecule is NC[C@@H](O)c1ncc(Br)s1. The maximum Gasteiger partial charge on any atom is 0.124 e. The first-order valence-corrected chi connectivity index (χ1v) is 4.34. The average Bonchev–Trinajstić information content (AvgIpc) is 2.34. The zero-order chi connectivity index (χ0) is 7.56.